The lowest BCUT2D eigenvalue weighted by atomic mass is 10.2. The Bertz CT molecular complexity index is 517. The van der Waals surface area contributed by atoms with Crippen molar-refractivity contribution in [2.75, 3.05) is 25.1 Å². The van der Waals surface area contributed by atoms with Gasteiger partial charge < -0.3 is 24.6 Å². The van der Waals surface area contributed by atoms with E-state index in [-0.39, 0.29) is 26.2 Å². The van der Waals surface area contributed by atoms with E-state index in [1.807, 2.05) is 0 Å². The molecule has 1 aromatic rings. The van der Waals surface area contributed by atoms with Crippen LogP contribution in [-0.2, 0) is 18.4 Å². The molecule has 0 aliphatic carbocycles. The zero-order chi connectivity index (χ0) is 16.6. The van der Waals surface area contributed by atoms with Crippen molar-refractivity contribution in [1.29, 1.82) is 0 Å². The fraction of sp³-hybridized carbons (Fsp3) is 0.538. The van der Waals surface area contributed by atoms with Crippen molar-refractivity contribution in [3.05, 3.63) is 24.4 Å². The fourth-order valence-electron chi connectivity index (χ4n) is 1.78. The number of aliphatic hydroxyl groups is 1. The van der Waals surface area contributed by atoms with Crippen LogP contribution < -0.4 is 5.32 Å². The molecule has 1 unspecified atom stereocenters. The quantitative estimate of drug-likeness (QED) is 0.556. The molecule has 9 heteroatoms. The monoisotopic (exact) mass is 332 g/mol. The van der Waals surface area contributed by atoms with Crippen molar-refractivity contribution in [1.82, 2.24) is 4.98 Å². The van der Waals surface area contributed by atoms with Crippen LogP contribution in [0.3, 0.4) is 0 Å². The molecule has 0 amide bonds. The second-order valence-electron chi connectivity index (χ2n) is 4.35. The molecule has 0 saturated carbocycles. The number of carboxylic acid groups (broad SMARTS) is 1. The highest BCUT2D eigenvalue weighted by Gasteiger charge is 2.56. The van der Waals surface area contributed by atoms with Gasteiger partial charge in [0.2, 0.25) is 0 Å². The van der Waals surface area contributed by atoms with E-state index in [1.54, 1.807) is 38.2 Å². The Morgan fingerprint density at radius 1 is 1.36 bits per heavy atom. The molecule has 8 nitrogen and oxygen atoms in total. The molecule has 0 aliphatic heterocycles. The van der Waals surface area contributed by atoms with E-state index in [1.165, 1.54) is 0 Å². The summed E-state index contributed by atoms with van der Waals surface area (Å²) in [5.41, 5.74) is 0. The van der Waals surface area contributed by atoms with E-state index in [2.05, 4.69) is 10.3 Å². The summed E-state index contributed by atoms with van der Waals surface area (Å²) in [7, 11) is -4.22. The first-order valence-electron chi connectivity index (χ1n) is 6.89. The second-order valence-corrected chi connectivity index (χ2v) is 6.60. The van der Waals surface area contributed by atoms with Gasteiger partial charge in [0, 0.05) is 19.2 Å². The number of pyridine rings is 1. The normalized spacial score (nSPS) is 14.3. The molecule has 1 rings (SSSR count). The molecule has 0 spiro atoms. The lowest BCUT2D eigenvalue weighted by Gasteiger charge is -2.30. The SMILES string of the molecule is CCOP(=O)(OCC)C(O)(CCNc1ccccn1)C(=O)O. The Hall–Kier alpha value is -1.47. The molecule has 0 aliphatic rings. The molecule has 124 valence electrons. The van der Waals surface area contributed by atoms with Gasteiger partial charge in [-0.1, -0.05) is 6.07 Å². The average molecular weight is 332 g/mol. The van der Waals surface area contributed by atoms with Gasteiger partial charge in [-0.25, -0.2) is 9.78 Å². The number of carboxylic acids is 1. The lowest BCUT2D eigenvalue weighted by molar-refractivity contribution is -0.152. The van der Waals surface area contributed by atoms with Gasteiger partial charge >= 0.3 is 13.6 Å². The number of hydrogen-bond donors (Lipinski definition) is 3. The highest BCUT2D eigenvalue weighted by atomic mass is 31.2. The van der Waals surface area contributed by atoms with Gasteiger partial charge in [0.25, 0.3) is 5.34 Å². The van der Waals surface area contributed by atoms with Crippen molar-refractivity contribution < 1.29 is 28.6 Å². The minimum absolute atomic E-state index is 0.0317. The molecule has 0 bridgehead atoms. The highest BCUT2D eigenvalue weighted by Crippen LogP contribution is 2.60. The Morgan fingerprint density at radius 3 is 2.45 bits per heavy atom. The number of carbonyl (C=O) groups is 1. The first kappa shape index (κ1) is 18.6. The summed E-state index contributed by atoms with van der Waals surface area (Å²) >= 11 is 0. The predicted octanol–water partition coefficient (Wildman–Crippen LogP) is 1.92. The van der Waals surface area contributed by atoms with Crippen LogP contribution in [0.2, 0.25) is 0 Å². The molecular weight excluding hydrogens is 311 g/mol. The highest BCUT2D eigenvalue weighted by molar-refractivity contribution is 7.56. The average Bonchev–Trinajstić information content (AvgIpc) is 2.48. The van der Waals surface area contributed by atoms with Gasteiger partial charge in [-0.15, -0.1) is 0 Å². The van der Waals surface area contributed by atoms with Crippen molar-refractivity contribution in [3.8, 4) is 0 Å². The number of rotatable bonds is 10. The summed E-state index contributed by atoms with van der Waals surface area (Å²) in [6.07, 6.45) is 1.20. The van der Waals surface area contributed by atoms with Crippen molar-refractivity contribution in [3.63, 3.8) is 0 Å². The van der Waals surface area contributed by atoms with Crippen LogP contribution in [0.15, 0.2) is 24.4 Å². The molecule has 1 aromatic heterocycles. The summed E-state index contributed by atoms with van der Waals surface area (Å²) < 4.78 is 22.5. The summed E-state index contributed by atoms with van der Waals surface area (Å²) in [4.78, 5) is 15.4. The van der Waals surface area contributed by atoms with Gasteiger partial charge in [0.05, 0.1) is 13.2 Å². The van der Waals surface area contributed by atoms with Crippen LogP contribution in [0.4, 0.5) is 5.82 Å². The Labute approximate surface area is 129 Å². The number of aromatic nitrogens is 1. The molecule has 0 radical (unpaired) electrons. The van der Waals surface area contributed by atoms with Crippen LogP contribution in [0.25, 0.3) is 0 Å². The summed E-state index contributed by atoms with van der Waals surface area (Å²) in [5.74, 6) is -1.14. The largest absolute Gasteiger partial charge is 0.479 e. The van der Waals surface area contributed by atoms with E-state index >= 15 is 0 Å². The molecule has 0 saturated heterocycles. The van der Waals surface area contributed by atoms with E-state index in [9.17, 15) is 19.6 Å². The van der Waals surface area contributed by atoms with Crippen molar-refractivity contribution in [2.45, 2.75) is 25.6 Å². The summed E-state index contributed by atoms with van der Waals surface area (Å²) in [6, 6.07) is 5.17. The number of aliphatic carboxylic acids is 1. The van der Waals surface area contributed by atoms with Crippen LogP contribution in [-0.4, -0.2) is 46.3 Å². The predicted molar refractivity (Wildman–Crippen MR) is 80.8 cm³/mol. The lowest BCUT2D eigenvalue weighted by Crippen LogP contribution is -2.41. The molecule has 3 N–H and O–H groups in total. The van der Waals surface area contributed by atoms with Crippen LogP contribution in [0, 0.1) is 0 Å². The smallest absolute Gasteiger partial charge is 0.373 e. The minimum Gasteiger partial charge on any atom is -0.479 e. The number of anilines is 1. The summed E-state index contributed by atoms with van der Waals surface area (Å²) in [6.45, 7) is 3.03. The topological polar surface area (TPSA) is 118 Å². The second kappa shape index (κ2) is 8.24. The van der Waals surface area contributed by atoms with Crippen LogP contribution in [0.5, 0.6) is 0 Å². The number of nitrogens with one attached hydrogen (secondary N) is 1. The minimum atomic E-state index is -4.22. The van der Waals surface area contributed by atoms with E-state index in [0.29, 0.717) is 5.82 Å². The first-order chi connectivity index (χ1) is 10.4. The zero-order valence-electron chi connectivity index (χ0n) is 12.6. The van der Waals surface area contributed by atoms with Gasteiger partial charge in [-0.2, -0.15) is 0 Å². The van der Waals surface area contributed by atoms with E-state index in [4.69, 9.17) is 9.05 Å². The van der Waals surface area contributed by atoms with E-state index in [0.717, 1.165) is 0 Å². The first-order valence-corrected chi connectivity index (χ1v) is 8.43. The van der Waals surface area contributed by atoms with Crippen LogP contribution >= 0.6 is 7.60 Å². The fourth-order valence-corrected chi connectivity index (χ4v) is 3.59. The molecule has 0 aromatic carbocycles. The number of nitrogens with zero attached hydrogens (tertiary/aromatic N) is 1. The summed E-state index contributed by atoms with van der Waals surface area (Å²) in [5, 5.41) is 19.9. The van der Waals surface area contributed by atoms with Crippen molar-refractivity contribution >= 4 is 19.4 Å². The molecule has 1 atom stereocenters. The molecule has 0 fully saturated rings. The van der Waals surface area contributed by atoms with Gasteiger partial charge in [0.15, 0.2) is 0 Å². The maximum atomic E-state index is 12.6. The van der Waals surface area contributed by atoms with Crippen molar-refractivity contribution in [2.24, 2.45) is 0 Å². The third kappa shape index (κ3) is 4.27. The number of hydrogen-bond acceptors (Lipinski definition) is 7. The van der Waals surface area contributed by atoms with Gasteiger partial charge in [0.1, 0.15) is 5.82 Å². The molecule has 1 heterocycles. The van der Waals surface area contributed by atoms with Gasteiger partial charge in [-0.3, -0.25) is 4.57 Å². The third-order valence-electron chi connectivity index (χ3n) is 2.84. The maximum absolute atomic E-state index is 12.6. The maximum Gasteiger partial charge on any atom is 0.373 e. The molecule has 22 heavy (non-hydrogen) atoms. The Balaban J connectivity index is 2.85. The Morgan fingerprint density at radius 2 is 2.00 bits per heavy atom. The van der Waals surface area contributed by atoms with Gasteiger partial charge in [-0.05, 0) is 26.0 Å². The zero-order valence-corrected chi connectivity index (χ0v) is 13.5. The van der Waals surface area contributed by atoms with Crippen LogP contribution in [0.1, 0.15) is 20.3 Å². The standard InChI is InChI=1S/C13H21N2O6P/c1-3-20-22(19,21-4-2)13(18,12(16)17)8-10-15-11-7-5-6-9-14-11/h5-7,9,18H,3-4,8,10H2,1-2H3,(H,14,15)(H,16,17). The third-order valence-corrected chi connectivity index (χ3v) is 5.36. The Kier molecular flexibility index (Phi) is 6.96. The molecular formula is C13H21N2O6P. The van der Waals surface area contributed by atoms with E-state index < -0.39 is 18.9 Å².